The lowest BCUT2D eigenvalue weighted by molar-refractivity contribution is 0.504. The maximum Gasteiger partial charge on any atom is 0.267 e. The highest BCUT2D eigenvalue weighted by atomic mass is 16.1. The van der Waals surface area contributed by atoms with Gasteiger partial charge < -0.3 is 10.6 Å². The summed E-state index contributed by atoms with van der Waals surface area (Å²) in [6, 6.07) is 13.0. The van der Waals surface area contributed by atoms with E-state index in [1.54, 1.807) is 6.07 Å². The van der Waals surface area contributed by atoms with Crippen molar-refractivity contribution in [3.8, 4) is 22.6 Å². The van der Waals surface area contributed by atoms with Crippen LogP contribution in [0.1, 0.15) is 32.7 Å². The topological polar surface area (TPSA) is 89.9 Å². The van der Waals surface area contributed by atoms with Crippen LogP contribution >= 0.6 is 0 Å². The second kappa shape index (κ2) is 7.42. The van der Waals surface area contributed by atoms with E-state index in [9.17, 15) is 4.79 Å². The highest BCUT2D eigenvalue weighted by Crippen LogP contribution is 2.33. The van der Waals surface area contributed by atoms with Gasteiger partial charge in [-0.1, -0.05) is 30.3 Å². The Balaban J connectivity index is 1.94. The van der Waals surface area contributed by atoms with Crippen LogP contribution in [0.4, 0.5) is 11.6 Å². The summed E-state index contributed by atoms with van der Waals surface area (Å²) >= 11 is 0. The fourth-order valence-electron chi connectivity index (χ4n) is 3.50. The Labute approximate surface area is 163 Å². The first-order valence-electron chi connectivity index (χ1n) is 9.62. The summed E-state index contributed by atoms with van der Waals surface area (Å²) in [6.45, 7) is 5.70. The van der Waals surface area contributed by atoms with Gasteiger partial charge in [0.15, 0.2) is 11.6 Å². The number of nitrogens with zero attached hydrogens (tertiary/aromatic N) is 5. The normalized spacial score (nSPS) is 14.0. The molecule has 0 atom stereocenters. The van der Waals surface area contributed by atoms with Gasteiger partial charge in [0.2, 0.25) is 0 Å². The van der Waals surface area contributed by atoms with Crippen LogP contribution in [0.25, 0.3) is 22.6 Å². The molecule has 1 aromatic carbocycles. The van der Waals surface area contributed by atoms with Gasteiger partial charge in [-0.05, 0) is 32.8 Å². The first kappa shape index (κ1) is 18.2. The van der Waals surface area contributed by atoms with Crippen molar-refractivity contribution in [2.45, 2.75) is 32.7 Å². The largest absolute Gasteiger partial charge is 0.381 e. The third-order valence-electron chi connectivity index (χ3n) is 4.91. The average molecular weight is 376 g/mol. The molecule has 1 saturated heterocycles. The fraction of sp³-hybridized carbons (Fsp3) is 0.333. The highest BCUT2D eigenvalue weighted by Gasteiger charge is 2.22. The highest BCUT2D eigenvalue weighted by molar-refractivity contribution is 5.80. The summed E-state index contributed by atoms with van der Waals surface area (Å²) in [7, 11) is 0. The van der Waals surface area contributed by atoms with Crippen LogP contribution in [0.3, 0.4) is 0 Å². The third kappa shape index (κ3) is 3.35. The first-order chi connectivity index (χ1) is 13.5. The molecule has 7 heteroatoms. The molecule has 1 fully saturated rings. The van der Waals surface area contributed by atoms with Crippen LogP contribution < -0.4 is 16.2 Å². The van der Waals surface area contributed by atoms with Crippen LogP contribution in [-0.2, 0) is 0 Å². The maximum atomic E-state index is 12.2. The van der Waals surface area contributed by atoms with Gasteiger partial charge in [-0.25, -0.2) is 14.6 Å². The van der Waals surface area contributed by atoms with Gasteiger partial charge in [0.05, 0.1) is 6.04 Å². The molecule has 0 aliphatic carbocycles. The zero-order chi connectivity index (χ0) is 19.7. The van der Waals surface area contributed by atoms with Crippen molar-refractivity contribution in [1.82, 2.24) is 19.7 Å². The monoisotopic (exact) mass is 376 g/mol. The van der Waals surface area contributed by atoms with Crippen molar-refractivity contribution in [3.05, 3.63) is 52.8 Å². The summed E-state index contributed by atoms with van der Waals surface area (Å²) in [5, 5.41) is 4.57. The van der Waals surface area contributed by atoms with Gasteiger partial charge in [-0.15, -0.1) is 0 Å². The molecule has 2 aromatic heterocycles. The number of aromatic nitrogens is 4. The lowest BCUT2D eigenvalue weighted by atomic mass is 10.1. The number of rotatable bonds is 4. The van der Waals surface area contributed by atoms with E-state index in [1.165, 1.54) is 10.7 Å². The number of nitrogen functional groups attached to an aromatic ring is 1. The van der Waals surface area contributed by atoms with Crippen molar-refractivity contribution < 1.29 is 0 Å². The van der Waals surface area contributed by atoms with Crippen molar-refractivity contribution in [2.24, 2.45) is 0 Å². The quantitative estimate of drug-likeness (QED) is 0.752. The van der Waals surface area contributed by atoms with E-state index in [2.05, 4.69) is 10.00 Å². The predicted molar refractivity (Wildman–Crippen MR) is 111 cm³/mol. The summed E-state index contributed by atoms with van der Waals surface area (Å²) in [6.07, 6.45) is 2.24. The minimum absolute atomic E-state index is 0.0487. The Morgan fingerprint density at radius 3 is 2.36 bits per heavy atom. The second-order valence-corrected chi connectivity index (χ2v) is 7.28. The smallest absolute Gasteiger partial charge is 0.267 e. The third-order valence-corrected chi connectivity index (χ3v) is 4.91. The Morgan fingerprint density at radius 2 is 1.68 bits per heavy atom. The van der Waals surface area contributed by atoms with Gasteiger partial charge >= 0.3 is 0 Å². The van der Waals surface area contributed by atoms with Crippen molar-refractivity contribution in [1.29, 1.82) is 0 Å². The van der Waals surface area contributed by atoms with Gasteiger partial charge in [0.1, 0.15) is 17.1 Å². The van der Waals surface area contributed by atoms with E-state index < -0.39 is 0 Å². The lowest BCUT2D eigenvalue weighted by Crippen LogP contribution is -2.25. The Bertz CT molecular complexity index is 1040. The minimum Gasteiger partial charge on any atom is -0.381 e. The maximum absolute atomic E-state index is 12.2. The molecule has 0 amide bonds. The summed E-state index contributed by atoms with van der Waals surface area (Å²) in [4.78, 5) is 23.9. The molecule has 144 valence electrons. The molecule has 4 rings (SSSR count). The van der Waals surface area contributed by atoms with Crippen LogP contribution in [-0.4, -0.2) is 32.8 Å². The molecule has 1 aliphatic rings. The standard InChI is InChI=1S/C21H24N6O/c1-14(2)27-17(28)11-10-16(25-27)19-18(15-8-4-3-5-9-15)23-20(22)21(24-19)26-12-6-7-13-26/h3-5,8-11,14H,6-7,12-13H2,1-2H3,(H2,22,23). The van der Waals surface area contributed by atoms with Crippen LogP contribution in [0.2, 0.25) is 0 Å². The Hall–Kier alpha value is -3.22. The van der Waals surface area contributed by atoms with Crippen LogP contribution in [0, 0.1) is 0 Å². The molecule has 0 spiro atoms. The van der Waals surface area contributed by atoms with Gasteiger partial charge in [0, 0.05) is 24.7 Å². The molecule has 28 heavy (non-hydrogen) atoms. The van der Waals surface area contributed by atoms with Gasteiger partial charge in [0.25, 0.3) is 5.56 Å². The zero-order valence-corrected chi connectivity index (χ0v) is 16.2. The van der Waals surface area contributed by atoms with Gasteiger partial charge in [-0.3, -0.25) is 4.79 Å². The molecule has 7 nitrogen and oxygen atoms in total. The number of anilines is 2. The molecule has 3 heterocycles. The lowest BCUT2D eigenvalue weighted by Gasteiger charge is -2.20. The number of nitrogens with two attached hydrogens (primary N) is 1. The van der Waals surface area contributed by atoms with E-state index in [0.717, 1.165) is 31.5 Å². The van der Waals surface area contributed by atoms with Crippen molar-refractivity contribution in [3.63, 3.8) is 0 Å². The summed E-state index contributed by atoms with van der Waals surface area (Å²) < 4.78 is 1.47. The summed E-state index contributed by atoms with van der Waals surface area (Å²) in [5.74, 6) is 1.11. The molecule has 1 aliphatic heterocycles. The molecule has 0 radical (unpaired) electrons. The number of benzene rings is 1. The molecule has 0 bridgehead atoms. The molecular formula is C21H24N6O. The Kier molecular flexibility index (Phi) is 4.81. The van der Waals surface area contributed by atoms with Gasteiger partial charge in [-0.2, -0.15) is 5.10 Å². The van der Waals surface area contributed by atoms with E-state index in [4.69, 9.17) is 15.7 Å². The minimum atomic E-state index is -0.136. The average Bonchev–Trinajstić information content (AvgIpc) is 3.23. The van der Waals surface area contributed by atoms with E-state index in [1.807, 2.05) is 44.2 Å². The Morgan fingerprint density at radius 1 is 0.964 bits per heavy atom. The predicted octanol–water partition coefficient (Wildman–Crippen LogP) is 3.13. The molecule has 3 aromatic rings. The molecular weight excluding hydrogens is 352 g/mol. The number of hydrogen-bond donors (Lipinski definition) is 1. The van der Waals surface area contributed by atoms with Crippen LogP contribution in [0.5, 0.6) is 0 Å². The molecule has 0 unspecified atom stereocenters. The zero-order valence-electron chi connectivity index (χ0n) is 16.2. The van der Waals surface area contributed by atoms with E-state index in [-0.39, 0.29) is 11.6 Å². The van der Waals surface area contributed by atoms with Crippen molar-refractivity contribution in [2.75, 3.05) is 23.7 Å². The van der Waals surface area contributed by atoms with E-state index in [0.29, 0.717) is 28.7 Å². The second-order valence-electron chi connectivity index (χ2n) is 7.28. The fourth-order valence-corrected chi connectivity index (χ4v) is 3.50. The van der Waals surface area contributed by atoms with E-state index >= 15 is 0 Å². The SMILES string of the molecule is CC(C)n1nc(-c2nc(N3CCCC3)c(N)nc2-c2ccccc2)ccc1=O. The number of hydrogen-bond acceptors (Lipinski definition) is 6. The molecule has 0 saturated carbocycles. The van der Waals surface area contributed by atoms with Crippen LogP contribution in [0.15, 0.2) is 47.3 Å². The summed E-state index contributed by atoms with van der Waals surface area (Å²) in [5.41, 5.74) is 8.99. The molecule has 2 N–H and O–H groups in total. The van der Waals surface area contributed by atoms with Crippen molar-refractivity contribution >= 4 is 11.6 Å². The first-order valence-corrected chi connectivity index (χ1v) is 9.62.